The van der Waals surface area contributed by atoms with Gasteiger partial charge in [-0.15, -0.1) is 0 Å². The van der Waals surface area contributed by atoms with Crippen LogP contribution in [0.1, 0.15) is 84.5 Å². The first-order valence-electron chi connectivity index (χ1n) is 9.03. The van der Waals surface area contributed by atoms with Gasteiger partial charge in [-0.2, -0.15) is 0 Å². The summed E-state index contributed by atoms with van der Waals surface area (Å²) in [6, 6.07) is 0. The van der Waals surface area contributed by atoms with Crippen LogP contribution < -0.4 is 0 Å². The zero-order chi connectivity index (χ0) is 14.5. The molecule has 0 saturated heterocycles. The largest absolute Gasteiger partial charge is 0.359 e. The Balaban J connectivity index is 1.90. The van der Waals surface area contributed by atoms with E-state index in [2.05, 4.69) is 36.0 Å². The van der Waals surface area contributed by atoms with Crippen LogP contribution in [0.5, 0.6) is 0 Å². The molecule has 0 unspecified atom stereocenters. The minimum absolute atomic E-state index is 1.13. The molecule has 20 heavy (non-hydrogen) atoms. The van der Waals surface area contributed by atoms with Crippen LogP contribution in [0.25, 0.3) is 0 Å². The van der Waals surface area contributed by atoms with Crippen molar-refractivity contribution >= 4 is 0 Å². The molecule has 1 heterocycles. The van der Waals surface area contributed by atoms with Crippen molar-refractivity contribution in [3.8, 4) is 0 Å². The lowest BCUT2D eigenvalue weighted by Crippen LogP contribution is -2.26. The summed E-state index contributed by atoms with van der Waals surface area (Å²) in [6.07, 6.45) is 19.9. The van der Waals surface area contributed by atoms with Gasteiger partial charge in [0.1, 0.15) is 0 Å². The van der Waals surface area contributed by atoms with E-state index in [0.717, 1.165) is 6.67 Å². The first-order chi connectivity index (χ1) is 9.86. The van der Waals surface area contributed by atoms with E-state index in [0.29, 0.717) is 0 Å². The number of unbranched alkanes of at least 4 members (excludes halogenated alkanes) is 9. The Hall–Kier alpha value is -0.660. The Morgan fingerprint density at radius 2 is 1.00 bits per heavy atom. The smallest absolute Gasteiger partial charge is 0.0893 e. The molecular weight excluding hydrogens is 244 g/mol. The van der Waals surface area contributed by atoms with Gasteiger partial charge in [0.05, 0.1) is 6.67 Å². The summed E-state index contributed by atoms with van der Waals surface area (Å²) < 4.78 is 0. The minimum atomic E-state index is 1.13. The molecule has 2 nitrogen and oxygen atoms in total. The van der Waals surface area contributed by atoms with Gasteiger partial charge >= 0.3 is 0 Å². The molecule has 2 heteroatoms. The van der Waals surface area contributed by atoms with Gasteiger partial charge in [0, 0.05) is 25.5 Å². The zero-order valence-corrected chi connectivity index (χ0v) is 13.9. The fourth-order valence-electron chi connectivity index (χ4n) is 2.82. The topological polar surface area (TPSA) is 6.48 Å². The molecule has 0 aromatic carbocycles. The number of rotatable bonds is 13. The second-order valence-electron chi connectivity index (χ2n) is 6.25. The summed E-state index contributed by atoms with van der Waals surface area (Å²) in [7, 11) is 0. The molecule has 0 saturated carbocycles. The third kappa shape index (κ3) is 8.50. The average Bonchev–Trinajstić information content (AvgIpc) is 2.90. The van der Waals surface area contributed by atoms with E-state index >= 15 is 0 Å². The van der Waals surface area contributed by atoms with Crippen LogP contribution in [-0.2, 0) is 0 Å². The summed E-state index contributed by atoms with van der Waals surface area (Å²) in [5, 5.41) is 0. The van der Waals surface area contributed by atoms with E-state index in [1.807, 2.05) is 0 Å². The summed E-state index contributed by atoms with van der Waals surface area (Å²) in [5.41, 5.74) is 0. The highest BCUT2D eigenvalue weighted by atomic mass is 15.3. The molecule has 1 aliphatic rings. The molecule has 1 rings (SSSR count). The third-order valence-corrected chi connectivity index (χ3v) is 4.20. The molecule has 118 valence electrons. The summed E-state index contributed by atoms with van der Waals surface area (Å²) in [5.74, 6) is 0. The maximum absolute atomic E-state index is 2.48. The molecule has 0 atom stereocenters. The van der Waals surface area contributed by atoms with Gasteiger partial charge in [0.2, 0.25) is 0 Å². The molecule has 0 bridgehead atoms. The number of nitrogens with zero attached hydrogens (tertiary/aromatic N) is 2. The van der Waals surface area contributed by atoms with Crippen molar-refractivity contribution in [3.05, 3.63) is 12.4 Å². The van der Waals surface area contributed by atoms with Gasteiger partial charge in [-0.25, -0.2) is 0 Å². The minimum Gasteiger partial charge on any atom is -0.359 e. The second kappa shape index (κ2) is 12.1. The Bertz CT molecular complexity index is 238. The van der Waals surface area contributed by atoms with Gasteiger partial charge in [-0.05, 0) is 12.8 Å². The van der Waals surface area contributed by atoms with Crippen LogP contribution in [0.3, 0.4) is 0 Å². The monoisotopic (exact) mass is 280 g/mol. The SMILES string of the molecule is CCCCCCCCCN1C=CN(CCCCCC)C1. The first-order valence-corrected chi connectivity index (χ1v) is 9.03. The molecule has 0 aromatic rings. The van der Waals surface area contributed by atoms with Crippen molar-refractivity contribution in [2.45, 2.75) is 84.5 Å². The summed E-state index contributed by atoms with van der Waals surface area (Å²) in [4.78, 5) is 4.95. The van der Waals surface area contributed by atoms with Gasteiger partial charge in [0.15, 0.2) is 0 Å². The van der Waals surface area contributed by atoms with Crippen molar-refractivity contribution in [1.29, 1.82) is 0 Å². The number of hydrogen-bond acceptors (Lipinski definition) is 2. The Morgan fingerprint density at radius 1 is 0.600 bits per heavy atom. The van der Waals surface area contributed by atoms with Crippen LogP contribution in [0, 0.1) is 0 Å². The van der Waals surface area contributed by atoms with E-state index in [1.54, 1.807) is 0 Å². The highest BCUT2D eigenvalue weighted by molar-refractivity contribution is 4.90. The van der Waals surface area contributed by atoms with Crippen LogP contribution in [0.15, 0.2) is 12.4 Å². The number of hydrogen-bond donors (Lipinski definition) is 0. The van der Waals surface area contributed by atoms with Gasteiger partial charge < -0.3 is 9.80 Å². The Labute approximate surface area is 127 Å². The normalized spacial score (nSPS) is 14.5. The van der Waals surface area contributed by atoms with Crippen LogP contribution in [0.4, 0.5) is 0 Å². The predicted octanol–water partition coefficient (Wildman–Crippen LogP) is 5.36. The lowest BCUT2D eigenvalue weighted by atomic mass is 10.1. The molecule has 0 fully saturated rings. The fourth-order valence-corrected chi connectivity index (χ4v) is 2.82. The van der Waals surface area contributed by atoms with Crippen molar-refractivity contribution in [2.75, 3.05) is 19.8 Å². The van der Waals surface area contributed by atoms with E-state index in [1.165, 1.54) is 83.7 Å². The van der Waals surface area contributed by atoms with E-state index in [4.69, 9.17) is 0 Å². The third-order valence-electron chi connectivity index (χ3n) is 4.20. The van der Waals surface area contributed by atoms with Gasteiger partial charge in [-0.1, -0.05) is 71.6 Å². The molecule has 1 aliphatic heterocycles. The van der Waals surface area contributed by atoms with Crippen molar-refractivity contribution in [1.82, 2.24) is 9.80 Å². The van der Waals surface area contributed by atoms with Crippen LogP contribution in [-0.4, -0.2) is 29.6 Å². The zero-order valence-electron chi connectivity index (χ0n) is 13.9. The van der Waals surface area contributed by atoms with Crippen LogP contribution in [0.2, 0.25) is 0 Å². The molecule has 0 radical (unpaired) electrons. The standard InChI is InChI=1S/C18H36N2/c1-3-5-7-9-10-11-13-15-20-17-16-19(18-20)14-12-8-6-4-2/h16-17H,3-15,18H2,1-2H3. The quantitative estimate of drug-likeness (QED) is 0.419. The van der Waals surface area contributed by atoms with Crippen molar-refractivity contribution in [2.24, 2.45) is 0 Å². The molecule has 0 spiro atoms. The first kappa shape index (κ1) is 17.4. The maximum atomic E-state index is 2.48. The van der Waals surface area contributed by atoms with Gasteiger partial charge in [0.25, 0.3) is 0 Å². The second-order valence-corrected chi connectivity index (χ2v) is 6.25. The van der Waals surface area contributed by atoms with Crippen molar-refractivity contribution < 1.29 is 0 Å². The summed E-state index contributed by atoms with van der Waals surface area (Å²) >= 11 is 0. The molecule has 0 N–H and O–H groups in total. The highest BCUT2D eigenvalue weighted by Gasteiger charge is 2.10. The Morgan fingerprint density at radius 3 is 1.50 bits per heavy atom. The molecular formula is C18H36N2. The van der Waals surface area contributed by atoms with Crippen molar-refractivity contribution in [3.63, 3.8) is 0 Å². The van der Waals surface area contributed by atoms with E-state index in [-0.39, 0.29) is 0 Å². The maximum Gasteiger partial charge on any atom is 0.0893 e. The highest BCUT2D eigenvalue weighted by Crippen LogP contribution is 2.12. The molecule has 0 amide bonds. The van der Waals surface area contributed by atoms with Crippen LogP contribution >= 0.6 is 0 Å². The molecule has 0 aliphatic carbocycles. The van der Waals surface area contributed by atoms with Gasteiger partial charge in [-0.3, -0.25) is 0 Å². The van der Waals surface area contributed by atoms with E-state index in [9.17, 15) is 0 Å². The lowest BCUT2D eigenvalue weighted by Gasteiger charge is -2.21. The lowest BCUT2D eigenvalue weighted by molar-refractivity contribution is 0.257. The molecule has 0 aromatic heterocycles. The average molecular weight is 280 g/mol. The fraction of sp³-hybridized carbons (Fsp3) is 0.889. The Kier molecular flexibility index (Phi) is 10.5. The predicted molar refractivity (Wildman–Crippen MR) is 89.6 cm³/mol. The summed E-state index contributed by atoms with van der Waals surface area (Å²) in [6.45, 7) is 8.18. The van der Waals surface area contributed by atoms with E-state index < -0.39 is 0 Å².